The maximum atomic E-state index is 12.4. The predicted molar refractivity (Wildman–Crippen MR) is 123 cm³/mol. The van der Waals surface area contributed by atoms with Gasteiger partial charge >= 0.3 is 0 Å². The fourth-order valence-electron chi connectivity index (χ4n) is 2.59. The van der Waals surface area contributed by atoms with Gasteiger partial charge in [0.1, 0.15) is 18.1 Å². The molecule has 0 spiro atoms. The highest BCUT2D eigenvalue weighted by Crippen LogP contribution is 2.30. The number of nitrogens with zero attached hydrogens (tertiary/aromatic N) is 3. The fraction of sp³-hybridized carbons (Fsp3) is 0.190. The van der Waals surface area contributed by atoms with Crippen LogP contribution in [0.5, 0.6) is 11.5 Å². The Morgan fingerprint density at radius 3 is 2.48 bits per heavy atom. The Balaban J connectivity index is 1.62. The Kier molecular flexibility index (Phi) is 8.22. The predicted octanol–water partition coefficient (Wildman–Crippen LogP) is 5.09. The second kappa shape index (κ2) is 11.1. The average Bonchev–Trinajstić information content (AvgIpc) is 3.15. The van der Waals surface area contributed by atoms with E-state index in [-0.39, 0.29) is 18.3 Å². The quantitative estimate of drug-likeness (QED) is 0.323. The largest absolute Gasteiger partial charge is 0.497 e. The van der Waals surface area contributed by atoms with Crippen LogP contribution in [0.15, 0.2) is 60.3 Å². The first-order valence-electron chi connectivity index (χ1n) is 9.18. The highest BCUT2D eigenvalue weighted by atomic mass is 35.5. The van der Waals surface area contributed by atoms with Crippen LogP contribution < -0.4 is 14.8 Å². The number of nitrogens with one attached hydrogen (secondary N) is 1. The summed E-state index contributed by atoms with van der Waals surface area (Å²) in [4.78, 5) is 12.4. The molecule has 0 bridgehead atoms. The number of para-hydroxylation sites is 1. The number of hydrogen-bond acceptors (Lipinski definition) is 6. The van der Waals surface area contributed by atoms with Crippen molar-refractivity contribution >= 4 is 46.6 Å². The number of anilines is 1. The van der Waals surface area contributed by atoms with Crippen LogP contribution in [0.25, 0.3) is 0 Å². The van der Waals surface area contributed by atoms with Gasteiger partial charge in [0, 0.05) is 6.54 Å². The molecule has 0 saturated heterocycles. The molecule has 0 radical (unpaired) electrons. The molecule has 1 N–H and O–H groups in total. The number of allylic oxidation sites excluding steroid dienone is 1. The minimum Gasteiger partial charge on any atom is -0.497 e. The molecule has 31 heavy (non-hydrogen) atoms. The summed E-state index contributed by atoms with van der Waals surface area (Å²) in [6.45, 7) is 4.47. The summed E-state index contributed by atoms with van der Waals surface area (Å²) >= 11 is 13.4. The molecule has 0 aliphatic rings. The molecule has 0 unspecified atom stereocenters. The molecular formula is C21H20Cl2N4O3S. The van der Waals surface area contributed by atoms with Crippen LogP contribution in [0, 0.1) is 0 Å². The summed E-state index contributed by atoms with van der Waals surface area (Å²) < 4.78 is 12.8. The molecule has 0 saturated carbocycles. The van der Waals surface area contributed by atoms with Gasteiger partial charge in [-0.15, -0.1) is 16.8 Å². The lowest BCUT2D eigenvalue weighted by Gasteiger charge is -2.10. The Hall–Kier alpha value is -2.68. The van der Waals surface area contributed by atoms with E-state index in [1.54, 1.807) is 31.4 Å². The minimum absolute atomic E-state index is 0.107. The van der Waals surface area contributed by atoms with Crippen LogP contribution in [0.3, 0.4) is 0 Å². The van der Waals surface area contributed by atoms with E-state index in [4.69, 9.17) is 32.7 Å². The van der Waals surface area contributed by atoms with Gasteiger partial charge < -0.3 is 14.8 Å². The fourth-order valence-corrected chi connectivity index (χ4v) is 3.85. The van der Waals surface area contributed by atoms with E-state index in [0.29, 0.717) is 39.0 Å². The molecule has 0 fully saturated rings. The van der Waals surface area contributed by atoms with Crippen molar-refractivity contribution in [1.82, 2.24) is 14.8 Å². The van der Waals surface area contributed by atoms with Crippen molar-refractivity contribution in [3.05, 3.63) is 71.0 Å². The number of ether oxygens (including phenoxy) is 2. The van der Waals surface area contributed by atoms with Crippen LogP contribution in [-0.4, -0.2) is 33.5 Å². The standard InChI is InChI=1S/C21H20Cl2N4O3S/c1-3-11-27-18(12-30-15-9-7-14(29-2)8-10-15)25-26-21(27)31-13-19(28)24-20-16(22)5-4-6-17(20)23/h3-10H,1,11-13H2,2H3,(H,24,28). The third-order valence-electron chi connectivity index (χ3n) is 4.09. The number of aromatic nitrogens is 3. The lowest BCUT2D eigenvalue weighted by molar-refractivity contribution is -0.113. The summed E-state index contributed by atoms with van der Waals surface area (Å²) in [5.41, 5.74) is 0.387. The molecule has 162 valence electrons. The number of thioether (sulfide) groups is 1. The number of carbonyl (C=O) groups is 1. The zero-order chi connectivity index (χ0) is 22.2. The summed E-state index contributed by atoms with van der Waals surface area (Å²) in [6.07, 6.45) is 1.73. The smallest absolute Gasteiger partial charge is 0.234 e. The molecule has 0 aliphatic carbocycles. The Morgan fingerprint density at radius 1 is 1.16 bits per heavy atom. The van der Waals surface area contributed by atoms with Crippen molar-refractivity contribution in [2.75, 3.05) is 18.2 Å². The van der Waals surface area contributed by atoms with E-state index >= 15 is 0 Å². The Bertz CT molecular complexity index is 1040. The van der Waals surface area contributed by atoms with Gasteiger partial charge in [-0.3, -0.25) is 9.36 Å². The van der Waals surface area contributed by atoms with Crippen molar-refractivity contribution in [2.45, 2.75) is 18.3 Å². The number of methoxy groups -OCH3 is 1. The number of carbonyl (C=O) groups excluding carboxylic acids is 1. The first-order chi connectivity index (χ1) is 15.0. The van der Waals surface area contributed by atoms with Crippen molar-refractivity contribution in [3.63, 3.8) is 0 Å². The number of benzene rings is 2. The maximum absolute atomic E-state index is 12.4. The van der Waals surface area contributed by atoms with Crippen molar-refractivity contribution in [1.29, 1.82) is 0 Å². The Morgan fingerprint density at radius 2 is 1.84 bits per heavy atom. The third-order valence-corrected chi connectivity index (χ3v) is 5.69. The van der Waals surface area contributed by atoms with E-state index in [9.17, 15) is 4.79 Å². The van der Waals surface area contributed by atoms with Gasteiger partial charge in [-0.2, -0.15) is 0 Å². The van der Waals surface area contributed by atoms with E-state index < -0.39 is 0 Å². The number of rotatable bonds is 10. The van der Waals surface area contributed by atoms with Crippen LogP contribution in [-0.2, 0) is 17.9 Å². The first kappa shape index (κ1) is 23.0. The van der Waals surface area contributed by atoms with Crippen LogP contribution in [0.4, 0.5) is 5.69 Å². The lowest BCUT2D eigenvalue weighted by atomic mass is 10.3. The molecule has 3 rings (SSSR count). The highest BCUT2D eigenvalue weighted by Gasteiger charge is 2.15. The van der Waals surface area contributed by atoms with Crippen LogP contribution in [0.1, 0.15) is 5.82 Å². The molecule has 1 heterocycles. The van der Waals surface area contributed by atoms with Gasteiger partial charge in [0.05, 0.1) is 28.6 Å². The molecule has 3 aromatic rings. The van der Waals surface area contributed by atoms with E-state index in [1.165, 1.54) is 11.8 Å². The molecule has 1 amide bonds. The molecule has 0 aliphatic heterocycles. The van der Waals surface area contributed by atoms with Crippen LogP contribution >= 0.6 is 35.0 Å². The summed E-state index contributed by atoms with van der Waals surface area (Å²) in [5, 5.41) is 12.4. The van der Waals surface area contributed by atoms with Crippen molar-refractivity contribution in [3.8, 4) is 11.5 Å². The van der Waals surface area contributed by atoms with Gasteiger partial charge in [0.2, 0.25) is 5.91 Å². The Labute approximate surface area is 194 Å². The molecule has 2 aromatic carbocycles. The second-order valence-corrected chi connectivity index (χ2v) is 7.95. The molecule has 1 aromatic heterocycles. The summed E-state index contributed by atoms with van der Waals surface area (Å²) in [6, 6.07) is 12.3. The van der Waals surface area contributed by atoms with E-state index in [2.05, 4.69) is 22.1 Å². The summed E-state index contributed by atoms with van der Waals surface area (Å²) in [7, 11) is 1.61. The molecular weight excluding hydrogens is 459 g/mol. The zero-order valence-corrected chi connectivity index (χ0v) is 19.0. The van der Waals surface area contributed by atoms with Gasteiger partial charge in [-0.25, -0.2) is 0 Å². The molecule has 0 atom stereocenters. The van der Waals surface area contributed by atoms with Gasteiger partial charge in [0.15, 0.2) is 11.0 Å². The van der Waals surface area contributed by atoms with Crippen molar-refractivity contribution in [2.24, 2.45) is 0 Å². The third kappa shape index (κ3) is 6.16. The highest BCUT2D eigenvalue weighted by molar-refractivity contribution is 7.99. The SMILES string of the molecule is C=CCn1c(COc2ccc(OC)cc2)nnc1SCC(=O)Nc1c(Cl)cccc1Cl. The zero-order valence-electron chi connectivity index (χ0n) is 16.7. The topological polar surface area (TPSA) is 78.3 Å². The second-order valence-electron chi connectivity index (χ2n) is 6.20. The monoisotopic (exact) mass is 478 g/mol. The summed E-state index contributed by atoms with van der Waals surface area (Å²) in [5.74, 6) is 1.89. The maximum Gasteiger partial charge on any atom is 0.234 e. The molecule has 10 heteroatoms. The lowest BCUT2D eigenvalue weighted by Crippen LogP contribution is -2.15. The molecule has 7 nitrogen and oxygen atoms in total. The number of halogens is 2. The van der Waals surface area contributed by atoms with Crippen molar-refractivity contribution < 1.29 is 14.3 Å². The van der Waals surface area contributed by atoms with E-state index in [1.807, 2.05) is 28.8 Å². The van der Waals surface area contributed by atoms with Crippen LogP contribution in [0.2, 0.25) is 10.0 Å². The minimum atomic E-state index is -0.260. The normalized spacial score (nSPS) is 10.5. The van der Waals surface area contributed by atoms with Gasteiger partial charge in [-0.05, 0) is 36.4 Å². The van der Waals surface area contributed by atoms with E-state index in [0.717, 1.165) is 5.75 Å². The first-order valence-corrected chi connectivity index (χ1v) is 10.9. The number of amides is 1. The van der Waals surface area contributed by atoms with Gasteiger partial charge in [-0.1, -0.05) is 47.1 Å². The number of hydrogen-bond donors (Lipinski definition) is 1. The average molecular weight is 479 g/mol. The van der Waals surface area contributed by atoms with Gasteiger partial charge in [0.25, 0.3) is 0 Å².